The molecule has 2 amide bonds. The van der Waals surface area contributed by atoms with Crippen molar-refractivity contribution in [3.05, 3.63) is 60.2 Å². The minimum atomic E-state index is -0.330. The van der Waals surface area contributed by atoms with Crippen LogP contribution in [0, 0.1) is 5.82 Å². The van der Waals surface area contributed by atoms with Gasteiger partial charge in [-0.15, -0.1) is 0 Å². The van der Waals surface area contributed by atoms with E-state index in [9.17, 15) is 9.18 Å². The van der Waals surface area contributed by atoms with Crippen LogP contribution in [0.25, 0.3) is 11.4 Å². The second-order valence-electron chi connectivity index (χ2n) is 6.67. The molecule has 1 aliphatic rings. The van der Waals surface area contributed by atoms with E-state index >= 15 is 0 Å². The number of para-hydroxylation sites is 2. The van der Waals surface area contributed by atoms with Gasteiger partial charge < -0.3 is 19.5 Å². The lowest BCUT2D eigenvalue weighted by atomic mass is 10.2. The number of amides is 2. The quantitative estimate of drug-likeness (QED) is 0.679. The maximum absolute atomic E-state index is 13.1. The molecule has 1 atom stereocenters. The highest BCUT2D eigenvalue weighted by molar-refractivity contribution is 5.91. The normalized spacial score (nSPS) is 16.1. The first-order chi connectivity index (χ1) is 14.2. The van der Waals surface area contributed by atoms with Gasteiger partial charge in [0.2, 0.25) is 11.7 Å². The molecule has 0 unspecified atom stereocenters. The first-order valence-corrected chi connectivity index (χ1v) is 9.54. The predicted octanol–water partition coefficient (Wildman–Crippen LogP) is 4.64. The Morgan fingerprint density at radius 1 is 1.28 bits per heavy atom. The molecular formula is C21H21FN4O3. The summed E-state index contributed by atoms with van der Waals surface area (Å²) in [6, 6.07) is 12.6. The Labute approximate surface area is 167 Å². The molecule has 8 heteroatoms. The molecule has 0 spiro atoms. The van der Waals surface area contributed by atoms with Crippen LogP contribution in [-0.4, -0.2) is 34.2 Å². The van der Waals surface area contributed by atoms with Gasteiger partial charge in [-0.25, -0.2) is 9.18 Å². The van der Waals surface area contributed by atoms with Crippen LogP contribution in [0.5, 0.6) is 5.75 Å². The molecule has 0 radical (unpaired) electrons. The lowest BCUT2D eigenvalue weighted by Crippen LogP contribution is -2.34. The molecule has 1 saturated heterocycles. The van der Waals surface area contributed by atoms with Gasteiger partial charge in [0, 0.05) is 12.1 Å². The number of rotatable bonds is 5. The number of nitrogens with zero attached hydrogens (tertiary/aromatic N) is 3. The van der Waals surface area contributed by atoms with Crippen LogP contribution < -0.4 is 10.1 Å². The van der Waals surface area contributed by atoms with Crippen LogP contribution in [0.3, 0.4) is 0 Å². The fourth-order valence-electron chi connectivity index (χ4n) is 3.39. The summed E-state index contributed by atoms with van der Waals surface area (Å²) in [5.41, 5.74) is 1.27. The maximum Gasteiger partial charge on any atom is 0.322 e. The lowest BCUT2D eigenvalue weighted by molar-refractivity contribution is 0.193. The summed E-state index contributed by atoms with van der Waals surface area (Å²) in [7, 11) is 0. The van der Waals surface area contributed by atoms with Crippen molar-refractivity contribution in [2.45, 2.75) is 25.8 Å². The molecule has 2 aromatic carbocycles. The Bertz CT molecular complexity index is 990. The zero-order valence-electron chi connectivity index (χ0n) is 16.0. The van der Waals surface area contributed by atoms with Crippen LogP contribution >= 0.6 is 0 Å². The summed E-state index contributed by atoms with van der Waals surface area (Å²) in [5, 5.41) is 6.90. The van der Waals surface area contributed by atoms with Crippen molar-refractivity contribution in [3.8, 4) is 17.1 Å². The average molecular weight is 396 g/mol. The van der Waals surface area contributed by atoms with Gasteiger partial charge in [0.15, 0.2) is 0 Å². The Hall–Kier alpha value is -3.42. The van der Waals surface area contributed by atoms with Crippen molar-refractivity contribution in [3.63, 3.8) is 0 Å². The summed E-state index contributed by atoms with van der Waals surface area (Å²) in [6.45, 7) is 2.98. The van der Waals surface area contributed by atoms with Crippen molar-refractivity contribution < 1.29 is 18.4 Å². The Morgan fingerprint density at radius 3 is 2.86 bits per heavy atom. The fraction of sp³-hybridized carbons (Fsp3) is 0.286. The molecule has 4 rings (SSSR count). The van der Waals surface area contributed by atoms with Crippen molar-refractivity contribution in [1.29, 1.82) is 0 Å². The molecule has 3 aromatic rings. The van der Waals surface area contributed by atoms with E-state index in [1.807, 2.05) is 25.1 Å². The van der Waals surface area contributed by atoms with E-state index in [-0.39, 0.29) is 17.9 Å². The van der Waals surface area contributed by atoms with Crippen molar-refractivity contribution in [2.24, 2.45) is 0 Å². The number of halogens is 1. The number of likely N-dealkylation sites (tertiary alicyclic amines) is 1. The molecule has 29 heavy (non-hydrogen) atoms. The molecule has 2 heterocycles. The summed E-state index contributed by atoms with van der Waals surface area (Å²) < 4.78 is 24.1. The van der Waals surface area contributed by atoms with E-state index in [2.05, 4.69) is 15.5 Å². The maximum atomic E-state index is 13.1. The fourth-order valence-corrected chi connectivity index (χ4v) is 3.39. The number of urea groups is 1. The monoisotopic (exact) mass is 396 g/mol. The predicted molar refractivity (Wildman–Crippen MR) is 105 cm³/mol. The van der Waals surface area contributed by atoms with Crippen molar-refractivity contribution in [2.75, 3.05) is 18.5 Å². The number of carbonyl (C=O) groups excluding carboxylic acids is 1. The average Bonchev–Trinajstić information content (AvgIpc) is 3.39. The van der Waals surface area contributed by atoms with Gasteiger partial charge in [0.25, 0.3) is 0 Å². The minimum Gasteiger partial charge on any atom is -0.492 e. The molecule has 1 fully saturated rings. The summed E-state index contributed by atoms with van der Waals surface area (Å²) in [4.78, 5) is 19.0. The number of nitrogens with one attached hydrogen (secondary N) is 1. The molecule has 1 N–H and O–H groups in total. The molecule has 0 aliphatic carbocycles. The zero-order valence-corrected chi connectivity index (χ0v) is 16.0. The second kappa shape index (κ2) is 8.30. The van der Waals surface area contributed by atoms with E-state index in [1.165, 1.54) is 12.1 Å². The number of hydrogen-bond donors (Lipinski definition) is 1. The van der Waals surface area contributed by atoms with Gasteiger partial charge in [-0.1, -0.05) is 17.3 Å². The topological polar surface area (TPSA) is 80.5 Å². The molecular weight excluding hydrogens is 375 g/mol. The number of anilines is 1. The largest absolute Gasteiger partial charge is 0.492 e. The Morgan fingerprint density at radius 2 is 2.07 bits per heavy atom. The van der Waals surface area contributed by atoms with Crippen LogP contribution in [0.1, 0.15) is 31.7 Å². The molecule has 1 aromatic heterocycles. The van der Waals surface area contributed by atoms with E-state index < -0.39 is 0 Å². The van der Waals surface area contributed by atoms with Gasteiger partial charge >= 0.3 is 6.03 Å². The van der Waals surface area contributed by atoms with E-state index in [0.717, 1.165) is 12.8 Å². The van der Waals surface area contributed by atoms with Gasteiger partial charge in [0.05, 0.1) is 12.3 Å². The third-order valence-corrected chi connectivity index (χ3v) is 4.77. The van der Waals surface area contributed by atoms with Crippen LogP contribution in [-0.2, 0) is 0 Å². The Kier molecular flexibility index (Phi) is 5.41. The summed E-state index contributed by atoms with van der Waals surface area (Å²) >= 11 is 0. The van der Waals surface area contributed by atoms with Crippen molar-refractivity contribution in [1.82, 2.24) is 15.0 Å². The van der Waals surface area contributed by atoms with E-state index in [1.54, 1.807) is 23.1 Å². The lowest BCUT2D eigenvalue weighted by Gasteiger charge is -2.23. The number of carbonyl (C=O) groups is 1. The third-order valence-electron chi connectivity index (χ3n) is 4.77. The highest BCUT2D eigenvalue weighted by Gasteiger charge is 2.34. The highest BCUT2D eigenvalue weighted by Crippen LogP contribution is 2.33. The highest BCUT2D eigenvalue weighted by atomic mass is 19.1. The zero-order chi connectivity index (χ0) is 20.2. The van der Waals surface area contributed by atoms with Gasteiger partial charge in [-0.05, 0) is 56.2 Å². The summed E-state index contributed by atoms with van der Waals surface area (Å²) in [6.07, 6.45) is 1.56. The molecule has 0 saturated carbocycles. The first-order valence-electron chi connectivity index (χ1n) is 9.54. The van der Waals surface area contributed by atoms with Gasteiger partial charge in [0.1, 0.15) is 17.6 Å². The van der Waals surface area contributed by atoms with E-state index in [0.29, 0.717) is 41.9 Å². The van der Waals surface area contributed by atoms with Crippen molar-refractivity contribution >= 4 is 11.7 Å². The van der Waals surface area contributed by atoms with Gasteiger partial charge in [-0.2, -0.15) is 4.98 Å². The molecule has 7 nitrogen and oxygen atoms in total. The summed E-state index contributed by atoms with van der Waals surface area (Å²) in [5.74, 6) is 1.03. The molecule has 0 bridgehead atoms. The van der Waals surface area contributed by atoms with E-state index in [4.69, 9.17) is 9.26 Å². The van der Waals surface area contributed by atoms with Crippen LogP contribution in [0.15, 0.2) is 53.1 Å². The number of hydrogen-bond acceptors (Lipinski definition) is 5. The van der Waals surface area contributed by atoms with Crippen LogP contribution in [0.2, 0.25) is 0 Å². The minimum absolute atomic E-state index is 0.249. The van der Waals surface area contributed by atoms with Crippen LogP contribution in [0.4, 0.5) is 14.9 Å². The second-order valence-corrected chi connectivity index (χ2v) is 6.67. The first kappa shape index (κ1) is 18.9. The molecule has 1 aliphatic heterocycles. The SMILES string of the molecule is CCOc1ccccc1NC(=O)N1CCC[C@H]1c1nc(-c2ccc(F)cc2)no1. The number of aromatic nitrogens is 2. The smallest absolute Gasteiger partial charge is 0.322 e. The third kappa shape index (κ3) is 4.06. The van der Waals surface area contributed by atoms with Gasteiger partial charge in [-0.3, -0.25) is 0 Å². The standard InChI is InChI=1S/C21H21FN4O3/c1-2-28-18-8-4-3-6-16(18)23-21(27)26-13-5-7-17(26)20-24-19(25-29-20)14-9-11-15(22)12-10-14/h3-4,6,8-12,17H,2,5,7,13H2,1H3,(H,23,27)/t17-/m0/s1. The molecule has 150 valence electrons. The number of benzene rings is 2. The number of ether oxygens (including phenoxy) is 1. The Balaban J connectivity index is 1.51.